The molecule has 0 fully saturated rings. The average molecular weight is 196 g/mol. The Morgan fingerprint density at radius 3 is 2.86 bits per heavy atom. The molecular formula is C10H18N3O+. The highest BCUT2D eigenvalue weighted by Gasteiger charge is 2.19. The van der Waals surface area contributed by atoms with Crippen molar-refractivity contribution >= 4 is 5.91 Å². The van der Waals surface area contributed by atoms with Crippen LogP contribution < -0.4 is 9.88 Å². The maximum absolute atomic E-state index is 11.7. The van der Waals surface area contributed by atoms with Crippen molar-refractivity contribution in [3.63, 3.8) is 0 Å². The molecular weight excluding hydrogens is 178 g/mol. The molecule has 0 atom stereocenters. The minimum Gasteiger partial charge on any atom is -0.346 e. The highest BCUT2D eigenvalue weighted by Crippen LogP contribution is 1.91. The molecule has 14 heavy (non-hydrogen) atoms. The molecule has 0 spiro atoms. The van der Waals surface area contributed by atoms with Gasteiger partial charge in [-0.1, -0.05) is 13.3 Å². The Kier molecular flexibility index (Phi) is 3.68. The van der Waals surface area contributed by atoms with E-state index in [2.05, 4.69) is 12.2 Å². The van der Waals surface area contributed by atoms with E-state index in [1.54, 1.807) is 0 Å². The van der Waals surface area contributed by atoms with E-state index in [-0.39, 0.29) is 5.91 Å². The summed E-state index contributed by atoms with van der Waals surface area (Å²) >= 11 is 0. The molecule has 4 nitrogen and oxygen atoms in total. The molecule has 1 amide bonds. The molecule has 4 heteroatoms. The van der Waals surface area contributed by atoms with Crippen LogP contribution in [0.3, 0.4) is 0 Å². The van der Waals surface area contributed by atoms with Gasteiger partial charge in [0.25, 0.3) is 0 Å². The lowest BCUT2D eigenvalue weighted by Crippen LogP contribution is -2.40. The Hall–Kier alpha value is -1.32. The van der Waals surface area contributed by atoms with E-state index in [0.717, 1.165) is 19.4 Å². The molecule has 0 bridgehead atoms. The molecule has 1 N–H and O–H groups in total. The van der Waals surface area contributed by atoms with Crippen molar-refractivity contribution in [2.75, 3.05) is 6.54 Å². The lowest BCUT2D eigenvalue weighted by Gasteiger charge is -2.01. The fraction of sp³-hybridized carbons (Fsp3) is 0.600. The van der Waals surface area contributed by atoms with Gasteiger partial charge in [-0.05, 0) is 6.42 Å². The van der Waals surface area contributed by atoms with Crippen molar-refractivity contribution in [1.29, 1.82) is 0 Å². The minimum atomic E-state index is -0.00606. The number of aryl methyl sites for hydroxylation is 2. The van der Waals surface area contributed by atoms with Gasteiger partial charge in [0, 0.05) is 6.54 Å². The summed E-state index contributed by atoms with van der Waals surface area (Å²) in [6.45, 7) is 2.86. The second kappa shape index (κ2) is 4.79. The number of unbranched alkanes of at least 4 members (excludes halogenated alkanes) is 1. The Bertz CT molecular complexity index is 298. The van der Waals surface area contributed by atoms with Crippen LogP contribution in [0.4, 0.5) is 0 Å². The fourth-order valence-corrected chi connectivity index (χ4v) is 1.37. The zero-order valence-electron chi connectivity index (χ0n) is 9.08. The lowest BCUT2D eigenvalue weighted by atomic mass is 10.3. The van der Waals surface area contributed by atoms with E-state index in [4.69, 9.17) is 0 Å². The van der Waals surface area contributed by atoms with Crippen molar-refractivity contribution in [2.24, 2.45) is 14.1 Å². The first-order chi connectivity index (χ1) is 6.66. The van der Waals surface area contributed by atoms with Crippen LogP contribution in [0.25, 0.3) is 0 Å². The topological polar surface area (TPSA) is 37.9 Å². The van der Waals surface area contributed by atoms with Crippen LogP contribution in [-0.4, -0.2) is 17.0 Å². The number of hydrogen-bond donors (Lipinski definition) is 1. The number of carbonyl (C=O) groups excluding carboxylic acids is 1. The molecule has 0 aliphatic rings. The quantitative estimate of drug-likeness (QED) is 0.548. The van der Waals surface area contributed by atoms with Gasteiger partial charge in [-0.2, -0.15) is 0 Å². The van der Waals surface area contributed by atoms with Crippen LogP contribution in [0, 0.1) is 0 Å². The van der Waals surface area contributed by atoms with E-state index >= 15 is 0 Å². The van der Waals surface area contributed by atoms with E-state index in [1.807, 2.05) is 35.6 Å². The van der Waals surface area contributed by atoms with Gasteiger partial charge in [0.2, 0.25) is 0 Å². The van der Waals surface area contributed by atoms with Crippen LogP contribution in [0.1, 0.15) is 30.4 Å². The molecule has 0 aliphatic carbocycles. The molecule has 0 radical (unpaired) electrons. The van der Waals surface area contributed by atoms with E-state index < -0.39 is 0 Å². The molecule has 0 saturated carbocycles. The molecule has 0 saturated heterocycles. The molecule has 1 aromatic rings. The number of hydrogen-bond acceptors (Lipinski definition) is 1. The van der Waals surface area contributed by atoms with Gasteiger partial charge in [-0.15, -0.1) is 0 Å². The Morgan fingerprint density at radius 1 is 1.64 bits per heavy atom. The molecule has 1 heterocycles. The lowest BCUT2D eigenvalue weighted by molar-refractivity contribution is -0.673. The van der Waals surface area contributed by atoms with Gasteiger partial charge >= 0.3 is 11.7 Å². The zero-order valence-corrected chi connectivity index (χ0v) is 9.08. The monoisotopic (exact) mass is 196 g/mol. The third-order valence-corrected chi connectivity index (χ3v) is 2.20. The van der Waals surface area contributed by atoms with Crippen LogP contribution in [-0.2, 0) is 14.1 Å². The molecule has 78 valence electrons. The number of imidazole rings is 1. The normalized spacial score (nSPS) is 10.2. The average Bonchev–Trinajstić information content (AvgIpc) is 2.46. The van der Waals surface area contributed by atoms with Crippen molar-refractivity contribution in [3.8, 4) is 0 Å². The van der Waals surface area contributed by atoms with Gasteiger partial charge in [0.05, 0.1) is 14.1 Å². The Labute approximate surface area is 84.5 Å². The van der Waals surface area contributed by atoms with Gasteiger partial charge in [-0.25, -0.2) is 9.13 Å². The molecule has 0 aliphatic heterocycles. The smallest absolute Gasteiger partial charge is 0.346 e. The van der Waals surface area contributed by atoms with Crippen LogP contribution in [0.15, 0.2) is 12.4 Å². The second-order valence-electron chi connectivity index (χ2n) is 3.45. The predicted octanol–water partition coefficient (Wildman–Crippen LogP) is 0.379. The summed E-state index contributed by atoms with van der Waals surface area (Å²) < 4.78 is 3.64. The number of aromatic nitrogens is 2. The summed E-state index contributed by atoms with van der Waals surface area (Å²) in [5.74, 6) is 0.676. The Morgan fingerprint density at radius 2 is 2.36 bits per heavy atom. The third kappa shape index (κ3) is 2.34. The summed E-state index contributed by atoms with van der Waals surface area (Å²) in [5.41, 5.74) is 0. The zero-order chi connectivity index (χ0) is 10.6. The number of rotatable bonds is 4. The van der Waals surface area contributed by atoms with Crippen LogP contribution >= 0.6 is 0 Å². The SMILES string of the molecule is CCCCNC(=O)c1n(C)cc[n+]1C. The molecule has 0 unspecified atom stereocenters. The number of carbonyl (C=O) groups is 1. The largest absolute Gasteiger partial charge is 0.347 e. The number of nitrogens with one attached hydrogen (secondary N) is 1. The van der Waals surface area contributed by atoms with Crippen molar-refractivity contribution in [1.82, 2.24) is 9.88 Å². The maximum Gasteiger partial charge on any atom is 0.347 e. The van der Waals surface area contributed by atoms with Gasteiger partial charge in [-0.3, -0.25) is 4.79 Å². The first kappa shape index (κ1) is 10.8. The first-order valence-electron chi connectivity index (χ1n) is 4.96. The number of nitrogens with zero attached hydrogens (tertiary/aromatic N) is 2. The van der Waals surface area contributed by atoms with Crippen molar-refractivity contribution in [2.45, 2.75) is 19.8 Å². The van der Waals surface area contributed by atoms with Gasteiger partial charge in [0.1, 0.15) is 12.4 Å². The maximum atomic E-state index is 11.7. The highest BCUT2D eigenvalue weighted by atomic mass is 16.2. The third-order valence-electron chi connectivity index (χ3n) is 2.20. The highest BCUT2D eigenvalue weighted by molar-refractivity contribution is 5.89. The summed E-state index contributed by atoms with van der Waals surface area (Å²) in [7, 11) is 3.74. The van der Waals surface area contributed by atoms with E-state index in [0.29, 0.717) is 5.82 Å². The van der Waals surface area contributed by atoms with E-state index in [9.17, 15) is 4.79 Å². The Balaban J connectivity index is 2.60. The predicted molar refractivity (Wildman–Crippen MR) is 53.8 cm³/mol. The van der Waals surface area contributed by atoms with Gasteiger partial charge < -0.3 is 5.32 Å². The second-order valence-corrected chi connectivity index (χ2v) is 3.45. The van der Waals surface area contributed by atoms with Gasteiger partial charge in [0.15, 0.2) is 0 Å². The molecule has 1 rings (SSSR count). The summed E-state index contributed by atoms with van der Waals surface area (Å²) in [6, 6.07) is 0. The standard InChI is InChI=1S/C10H17N3O/c1-4-5-6-11-9(14)10-12(2)7-8-13(10)3/h7-8H,4-6H2,1-3H3/p+1. The van der Waals surface area contributed by atoms with Crippen molar-refractivity contribution in [3.05, 3.63) is 18.2 Å². The first-order valence-corrected chi connectivity index (χ1v) is 4.96. The summed E-state index contributed by atoms with van der Waals surface area (Å²) in [4.78, 5) is 11.7. The summed E-state index contributed by atoms with van der Waals surface area (Å²) in [6.07, 6.45) is 5.86. The number of amides is 1. The van der Waals surface area contributed by atoms with Crippen LogP contribution in [0.5, 0.6) is 0 Å². The van der Waals surface area contributed by atoms with Crippen LogP contribution in [0.2, 0.25) is 0 Å². The molecule has 0 aromatic carbocycles. The van der Waals surface area contributed by atoms with Crippen molar-refractivity contribution < 1.29 is 9.36 Å². The molecule has 1 aromatic heterocycles. The fourth-order valence-electron chi connectivity index (χ4n) is 1.37. The summed E-state index contributed by atoms with van der Waals surface area (Å²) in [5, 5.41) is 2.89. The minimum absolute atomic E-state index is 0.00606. The van der Waals surface area contributed by atoms with E-state index in [1.165, 1.54) is 0 Å².